The van der Waals surface area contributed by atoms with Crippen LogP contribution < -0.4 is 16.0 Å². The molecule has 0 fully saturated rings. The van der Waals surface area contributed by atoms with Gasteiger partial charge in [0.05, 0.1) is 5.69 Å². The largest absolute Gasteiger partial charge is 0.375 e. The van der Waals surface area contributed by atoms with Gasteiger partial charge >= 0.3 is 6.03 Å². The monoisotopic (exact) mass is 384 g/mol. The third-order valence-corrected chi connectivity index (χ3v) is 4.48. The second-order valence-electron chi connectivity index (χ2n) is 5.12. The van der Waals surface area contributed by atoms with Crippen LogP contribution in [-0.4, -0.2) is 32.5 Å². The van der Waals surface area contributed by atoms with Crippen LogP contribution in [0, 0.1) is 0 Å². The number of rotatable bonds is 5. The molecule has 132 valence electrons. The molecule has 26 heavy (non-hydrogen) atoms. The minimum atomic E-state index is -0.421. The van der Waals surface area contributed by atoms with Gasteiger partial charge in [-0.15, -0.1) is 11.3 Å². The first-order valence-corrected chi connectivity index (χ1v) is 9.13. The molecule has 0 saturated carbocycles. The van der Waals surface area contributed by atoms with Crippen molar-refractivity contribution in [2.45, 2.75) is 6.92 Å². The van der Waals surface area contributed by atoms with Crippen molar-refractivity contribution in [1.82, 2.24) is 20.3 Å². The Hall–Kier alpha value is -2.91. The van der Waals surface area contributed by atoms with Gasteiger partial charge in [0, 0.05) is 29.9 Å². The minimum absolute atomic E-state index is 0.407. The molecule has 0 aliphatic carbocycles. The molecule has 0 aliphatic heterocycles. The molecule has 3 heterocycles. The number of nitrogens with one attached hydrogen (secondary N) is 3. The molecule has 0 unspecified atom stereocenters. The number of carbonyl (C=O) groups is 1. The molecule has 0 bridgehead atoms. The van der Waals surface area contributed by atoms with E-state index < -0.39 is 6.03 Å². The molecule has 0 spiro atoms. The fraction of sp³-hybridized carbons (Fsp3) is 0.118. The van der Waals surface area contributed by atoms with Gasteiger partial charge in [-0.25, -0.2) is 14.8 Å². The summed E-state index contributed by atoms with van der Waals surface area (Å²) in [6, 6.07) is 8.58. The number of anilines is 2. The fourth-order valence-corrected chi connectivity index (χ4v) is 3.12. The van der Waals surface area contributed by atoms with E-state index in [-0.39, 0.29) is 0 Å². The molecule has 0 atom stereocenters. The van der Waals surface area contributed by atoms with E-state index in [9.17, 15) is 4.79 Å². The Morgan fingerprint density at radius 2 is 1.88 bits per heavy atom. The van der Waals surface area contributed by atoms with E-state index in [1.165, 1.54) is 11.3 Å². The van der Waals surface area contributed by atoms with E-state index in [0.717, 1.165) is 10.6 Å². The van der Waals surface area contributed by atoms with Crippen molar-refractivity contribution in [1.29, 1.82) is 0 Å². The van der Waals surface area contributed by atoms with Crippen molar-refractivity contribution in [2.24, 2.45) is 0 Å². The molecular formula is C17H16N6OS2. The average molecular weight is 384 g/mol. The van der Waals surface area contributed by atoms with Crippen LogP contribution in [0.1, 0.15) is 12.6 Å². The lowest BCUT2D eigenvalue weighted by Crippen LogP contribution is -2.24. The Bertz CT molecular complexity index is 912. The van der Waals surface area contributed by atoms with Crippen LogP contribution in [-0.2, 0) is 0 Å². The zero-order chi connectivity index (χ0) is 18.4. The molecule has 3 aromatic rings. The van der Waals surface area contributed by atoms with E-state index in [1.54, 1.807) is 36.0 Å². The summed E-state index contributed by atoms with van der Waals surface area (Å²) in [7, 11) is 0. The van der Waals surface area contributed by atoms with E-state index in [2.05, 4.69) is 30.9 Å². The summed E-state index contributed by atoms with van der Waals surface area (Å²) in [6.45, 7) is 2.66. The van der Waals surface area contributed by atoms with E-state index in [0.29, 0.717) is 28.9 Å². The molecule has 0 radical (unpaired) electrons. The van der Waals surface area contributed by atoms with Gasteiger partial charge in [-0.1, -0.05) is 18.3 Å². The Labute approximate surface area is 159 Å². The van der Waals surface area contributed by atoms with Crippen molar-refractivity contribution in [3.05, 3.63) is 53.8 Å². The van der Waals surface area contributed by atoms with Crippen LogP contribution in [0.5, 0.6) is 0 Å². The Balaban J connectivity index is 1.64. The summed E-state index contributed by atoms with van der Waals surface area (Å²) in [6.07, 6.45) is 3.40. The van der Waals surface area contributed by atoms with Crippen molar-refractivity contribution in [2.75, 3.05) is 17.2 Å². The molecule has 3 rings (SSSR count). The quantitative estimate of drug-likeness (QED) is 0.583. The van der Waals surface area contributed by atoms with Crippen LogP contribution in [0.15, 0.2) is 48.1 Å². The SMILES string of the molecule is CCNC(=S)c1cccc(NC(=O)Nc2csc(-c3ccncc3)n2)n1. The van der Waals surface area contributed by atoms with Gasteiger partial charge in [0.2, 0.25) is 0 Å². The highest BCUT2D eigenvalue weighted by molar-refractivity contribution is 7.80. The van der Waals surface area contributed by atoms with Crippen LogP contribution >= 0.6 is 23.6 Å². The third kappa shape index (κ3) is 4.58. The zero-order valence-electron chi connectivity index (χ0n) is 13.9. The van der Waals surface area contributed by atoms with Gasteiger partial charge in [-0.2, -0.15) is 0 Å². The van der Waals surface area contributed by atoms with E-state index in [4.69, 9.17) is 12.2 Å². The predicted octanol–water partition coefficient (Wildman–Crippen LogP) is 3.53. The lowest BCUT2D eigenvalue weighted by Gasteiger charge is -2.08. The number of hydrogen-bond donors (Lipinski definition) is 3. The summed E-state index contributed by atoms with van der Waals surface area (Å²) in [5.74, 6) is 0.878. The minimum Gasteiger partial charge on any atom is -0.375 e. The summed E-state index contributed by atoms with van der Waals surface area (Å²) < 4.78 is 0. The number of hydrogen-bond acceptors (Lipinski definition) is 6. The molecule has 2 amide bonds. The maximum absolute atomic E-state index is 12.2. The molecule has 7 nitrogen and oxygen atoms in total. The number of nitrogens with zero attached hydrogens (tertiary/aromatic N) is 3. The molecule has 3 N–H and O–H groups in total. The van der Waals surface area contributed by atoms with Crippen molar-refractivity contribution in [3.63, 3.8) is 0 Å². The van der Waals surface area contributed by atoms with Crippen LogP contribution in [0.3, 0.4) is 0 Å². The molecule has 0 saturated heterocycles. The van der Waals surface area contributed by atoms with E-state index >= 15 is 0 Å². The topological polar surface area (TPSA) is 91.8 Å². The molecule has 3 aromatic heterocycles. The van der Waals surface area contributed by atoms with E-state index in [1.807, 2.05) is 19.1 Å². The highest BCUT2D eigenvalue weighted by atomic mass is 32.1. The Morgan fingerprint density at radius 1 is 1.12 bits per heavy atom. The molecular weight excluding hydrogens is 368 g/mol. The maximum atomic E-state index is 12.2. The number of thiocarbonyl (C=S) groups is 1. The summed E-state index contributed by atoms with van der Waals surface area (Å²) >= 11 is 6.67. The van der Waals surface area contributed by atoms with Gasteiger partial charge < -0.3 is 5.32 Å². The molecule has 9 heteroatoms. The first-order chi connectivity index (χ1) is 12.7. The van der Waals surface area contributed by atoms with Crippen LogP contribution in [0.25, 0.3) is 10.6 Å². The van der Waals surface area contributed by atoms with Gasteiger partial charge in [0.15, 0.2) is 0 Å². The van der Waals surface area contributed by atoms with Crippen molar-refractivity contribution in [3.8, 4) is 10.6 Å². The van der Waals surface area contributed by atoms with Gasteiger partial charge in [0.1, 0.15) is 21.6 Å². The molecule has 0 aliphatic rings. The number of amides is 2. The number of thiazole rings is 1. The number of pyridine rings is 2. The first kappa shape index (κ1) is 17.9. The standard InChI is InChI=1S/C17H16N6OS2/c1-2-19-15(25)12-4-3-5-13(20-12)22-17(24)23-14-10-26-16(21-14)11-6-8-18-9-7-11/h3-10H,2H2,1H3,(H,19,25)(H2,20,22,23,24). The lowest BCUT2D eigenvalue weighted by atomic mass is 10.3. The lowest BCUT2D eigenvalue weighted by molar-refractivity contribution is 0.262. The zero-order valence-corrected chi connectivity index (χ0v) is 15.5. The number of aromatic nitrogens is 3. The summed E-state index contributed by atoms with van der Waals surface area (Å²) in [4.78, 5) is 25.4. The normalized spacial score (nSPS) is 10.2. The third-order valence-electron chi connectivity index (χ3n) is 3.23. The maximum Gasteiger partial charge on any atom is 0.326 e. The fourth-order valence-electron chi connectivity index (χ4n) is 2.10. The van der Waals surface area contributed by atoms with Crippen LogP contribution in [0.2, 0.25) is 0 Å². The number of urea groups is 1. The second kappa shape index (κ2) is 8.45. The van der Waals surface area contributed by atoms with Gasteiger partial charge in [-0.05, 0) is 31.2 Å². The Kier molecular flexibility index (Phi) is 5.82. The van der Waals surface area contributed by atoms with Gasteiger partial charge in [-0.3, -0.25) is 15.6 Å². The average Bonchev–Trinajstić information content (AvgIpc) is 3.11. The highest BCUT2D eigenvalue weighted by Gasteiger charge is 2.09. The first-order valence-electron chi connectivity index (χ1n) is 7.85. The van der Waals surface area contributed by atoms with Crippen molar-refractivity contribution >= 4 is 46.2 Å². The van der Waals surface area contributed by atoms with Crippen molar-refractivity contribution < 1.29 is 4.79 Å². The molecule has 0 aromatic carbocycles. The number of carbonyl (C=O) groups excluding carboxylic acids is 1. The summed E-state index contributed by atoms with van der Waals surface area (Å²) in [5.41, 5.74) is 1.55. The second-order valence-corrected chi connectivity index (χ2v) is 6.39. The Morgan fingerprint density at radius 3 is 2.65 bits per heavy atom. The van der Waals surface area contributed by atoms with Crippen LogP contribution in [0.4, 0.5) is 16.4 Å². The highest BCUT2D eigenvalue weighted by Crippen LogP contribution is 2.25. The smallest absolute Gasteiger partial charge is 0.326 e. The predicted molar refractivity (Wildman–Crippen MR) is 108 cm³/mol. The van der Waals surface area contributed by atoms with Gasteiger partial charge in [0.25, 0.3) is 0 Å². The summed E-state index contributed by atoms with van der Waals surface area (Å²) in [5, 5.41) is 11.0.